The number of carbonyl (C=O) groups excluding carboxylic acids is 1. The summed E-state index contributed by atoms with van der Waals surface area (Å²) >= 11 is 6.11. The van der Waals surface area contributed by atoms with E-state index in [4.69, 9.17) is 11.6 Å². The fraction of sp³-hybridized carbons (Fsp3) is 0.368. The van der Waals surface area contributed by atoms with Crippen molar-refractivity contribution in [2.45, 2.75) is 26.7 Å². The predicted octanol–water partition coefficient (Wildman–Crippen LogP) is 4.53. The number of hydrogen-bond acceptors (Lipinski definition) is 3. The second-order valence-electron chi connectivity index (χ2n) is 6.44. The zero-order valence-corrected chi connectivity index (χ0v) is 14.8. The third-order valence-corrected chi connectivity index (χ3v) is 5.05. The largest absolute Gasteiger partial charge is 0.371 e. The number of benzene rings is 1. The summed E-state index contributed by atoms with van der Waals surface area (Å²) in [7, 11) is 0. The molecule has 0 bridgehead atoms. The van der Waals surface area contributed by atoms with Crippen LogP contribution in [0.25, 0.3) is 0 Å². The molecule has 1 aliphatic rings. The van der Waals surface area contributed by atoms with Gasteiger partial charge in [0.1, 0.15) is 5.69 Å². The van der Waals surface area contributed by atoms with Crippen molar-refractivity contribution in [3.05, 3.63) is 52.8 Å². The molecule has 1 aromatic carbocycles. The molecular weight excluding hydrogens is 322 g/mol. The Labute approximate surface area is 147 Å². The number of aromatic nitrogens is 1. The summed E-state index contributed by atoms with van der Waals surface area (Å²) in [6.45, 7) is 6.23. The average Bonchev–Trinajstić information content (AvgIpc) is 2.60. The summed E-state index contributed by atoms with van der Waals surface area (Å²) in [4.78, 5) is 19.1. The third kappa shape index (κ3) is 3.70. The summed E-state index contributed by atoms with van der Waals surface area (Å²) in [5, 5.41) is 3.54. The van der Waals surface area contributed by atoms with Crippen molar-refractivity contribution in [2.24, 2.45) is 5.92 Å². The van der Waals surface area contributed by atoms with Crippen LogP contribution in [0, 0.1) is 12.8 Å². The maximum absolute atomic E-state index is 12.5. The van der Waals surface area contributed by atoms with Crippen molar-refractivity contribution in [1.82, 2.24) is 4.98 Å². The van der Waals surface area contributed by atoms with Crippen LogP contribution >= 0.6 is 11.6 Å². The number of halogens is 1. The maximum Gasteiger partial charge on any atom is 0.274 e. The molecule has 3 rings (SSSR count). The highest BCUT2D eigenvalue weighted by Gasteiger charge is 2.18. The van der Waals surface area contributed by atoms with Gasteiger partial charge in [-0.2, -0.15) is 0 Å². The van der Waals surface area contributed by atoms with E-state index in [1.807, 2.05) is 37.3 Å². The zero-order valence-electron chi connectivity index (χ0n) is 14.1. The van der Waals surface area contributed by atoms with E-state index in [1.165, 1.54) is 12.8 Å². The van der Waals surface area contributed by atoms with Crippen molar-refractivity contribution in [1.29, 1.82) is 0 Å². The number of carbonyl (C=O) groups is 1. The van der Waals surface area contributed by atoms with Crippen molar-refractivity contribution in [3.63, 3.8) is 0 Å². The monoisotopic (exact) mass is 343 g/mol. The van der Waals surface area contributed by atoms with Crippen LogP contribution in [-0.2, 0) is 0 Å². The Morgan fingerprint density at radius 2 is 2.04 bits per heavy atom. The molecule has 0 atom stereocenters. The molecule has 4 nitrogen and oxygen atoms in total. The van der Waals surface area contributed by atoms with E-state index >= 15 is 0 Å². The second kappa shape index (κ2) is 7.22. The molecule has 2 aromatic rings. The topological polar surface area (TPSA) is 45.2 Å². The van der Waals surface area contributed by atoms with Gasteiger partial charge in [-0.05, 0) is 55.5 Å². The molecule has 1 aliphatic heterocycles. The predicted molar refractivity (Wildman–Crippen MR) is 99.0 cm³/mol. The van der Waals surface area contributed by atoms with Gasteiger partial charge in [0.15, 0.2) is 0 Å². The normalized spacial score (nSPS) is 15.4. The Morgan fingerprint density at radius 1 is 1.29 bits per heavy atom. The Balaban J connectivity index is 1.76. The molecule has 1 fully saturated rings. The zero-order chi connectivity index (χ0) is 17.1. The molecule has 126 valence electrons. The molecule has 1 amide bonds. The quantitative estimate of drug-likeness (QED) is 0.890. The van der Waals surface area contributed by atoms with Crippen LogP contribution in [0.3, 0.4) is 0 Å². The third-order valence-electron chi connectivity index (χ3n) is 4.64. The Kier molecular flexibility index (Phi) is 5.05. The Morgan fingerprint density at radius 3 is 2.79 bits per heavy atom. The number of piperidine rings is 1. The van der Waals surface area contributed by atoms with Crippen molar-refractivity contribution < 1.29 is 4.79 Å². The first-order chi connectivity index (χ1) is 11.5. The average molecular weight is 344 g/mol. The highest BCUT2D eigenvalue weighted by molar-refractivity contribution is 6.31. The van der Waals surface area contributed by atoms with E-state index in [0.717, 1.165) is 30.3 Å². The molecular formula is C19H22ClN3O. The van der Waals surface area contributed by atoms with Gasteiger partial charge in [-0.25, -0.2) is 0 Å². The lowest BCUT2D eigenvalue weighted by Crippen LogP contribution is -2.33. The Bertz CT molecular complexity index is 739. The summed E-state index contributed by atoms with van der Waals surface area (Å²) in [5.41, 5.74) is 3.05. The molecule has 24 heavy (non-hydrogen) atoms. The fourth-order valence-corrected chi connectivity index (χ4v) is 3.11. The molecule has 1 saturated heterocycles. The van der Waals surface area contributed by atoms with Crippen LogP contribution in [0.5, 0.6) is 0 Å². The van der Waals surface area contributed by atoms with E-state index in [9.17, 15) is 4.79 Å². The van der Waals surface area contributed by atoms with Gasteiger partial charge in [-0.3, -0.25) is 9.78 Å². The first-order valence-electron chi connectivity index (χ1n) is 8.32. The molecule has 5 heteroatoms. The number of hydrogen-bond donors (Lipinski definition) is 1. The smallest absolute Gasteiger partial charge is 0.274 e. The van der Waals surface area contributed by atoms with E-state index in [-0.39, 0.29) is 5.91 Å². The van der Waals surface area contributed by atoms with Gasteiger partial charge in [0.2, 0.25) is 0 Å². The van der Waals surface area contributed by atoms with Crippen LogP contribution in [0.15, 0.2) is 36.5 Å². The summed E-state index contributed by atoms with van der Waals surface area (Å²) in [6, 6.07) is 9.31. The van der Waals surface area contributed by atoms with Crippen LogP contribution in [0.4, 0.5) is 11.4 Å². The van der Waals surface area contributed by atoms with Gasteiger partial charge in [-0.1, -0.05) is 24.6 Å². The summed E-state index contributed by atoms with van der Waals surface area (Å²) < 4.78 is 0. The molecule has 0 unspecified atom stereocenters. The maximum atomic E-state index is 12.5. The number of pyridine rings is 1. The van der Waals surface area contributed by atoms with Gasteiger partial charge >= 0.3 is 0 Å². The van der Waals surface area contributed by atoms with Gasteiger partial charge in [0.25, 0.3) is 5.91 Å². The van der Waals surface area contributed by atoms with Crippen molar-refractivity contribution >= 4 is 28.9 Å². The summed E-state index contributed by atoms with van der Waals surface area (Å²) in [6.07, 6.45) is 4.07. The molecule has 2 heterocycles. The van der Waals surface area contributed by atoms with E-state index in [2.05, 4.69) is 22.1 Å². The van der Waals surface area contributed by atoms with Crippen LogP contribution in [0.1, 0.15) is 35.8 Å². The van der Waals surface area contributed by atoms with Gasteiger partial charge in [-0.15, -0.1) is 0 Å². The number of amides is 1. The SMILES string of the molecule is Cc1c(Cl)cccc1NC(=O)c1cc(N2CCC(C)CC2)ccn1. The van der Waals surface area contributed by atoms with E-state index < -0.39 is 0 Å². The number of anilines is 2. The fourth-order valence-electron chi connectivity index (χ4n) is 2.94. The highest BCUT2D eigenvalue weighted by atomic mass is 35.5. The molecule has 0 radical (unpaired) electrons. The van der Waals surface area contributed by atoms with Crippen molar-refractivity contribution in [3.8, 4) is 0 Å². The lowest BCUT2D eigenvalue weighted by Gasteiger charge is -2.32. The summed E-state index contributed by atoms with van der Waals surface area (Å²) in [5.74, 6) is 0.559. The molecule has 1 N–H and O–H groups in total. The van der Waals surface area contributed by atoms with Crippen LogP contribution in [-0.4, -0.2) is 24.0 Å². The first-order valence-corrected chi connectivity index (χ1v) is 8.70. The molecule has 0 aliphatic carbocycles. The van der Waals surface area contributed by atoms with Crippen LogP contribution in [0.2, 0.25) is 5.02 Å². The highest BCUT2D eigenvalue weighted by Crippen LogP contribution is 2.25. The van der Waals surface area contributed by atoms with E-state index in [1.54, 1.807) is 6.20 Å². The molecule has 0 spiro atoms. The van der Waals surface area contributed by atoms with Gasteiger partial charge in [0.05, 0.1) is 0 Å². The van der Waals surface area contributed by atoms with Crippen molar-refractivity contribution in [2.75, 3.05) is 23.3 Å². The lowest BCUT2D eigenvalue weighted by atomic mass is 9.99. The number of nitrogens with zero attached hydrogens (tertiary/aromatic N) is 2. The lowest BCUT2D eigenvalue weighted by molar-refractivity contribution is 0.102. The minimum atomic E-state index is -0.215. The first kappa shape index (κ1) is 16.8. The number of nitrogens with one attached hydrogen (secondary N) is 1. The standard InChI is InChI=1S/C19H22ClN3O/c1-13-7-10-23(11-8-13)15-6-9-21-18(12-15)19(24)22-17-5-3-4-16(20)14(17)2/h3-6,9,12-13H,7-8,10-11H2,1-2H3,(H,22,24). The van der Waals surface area contributed by atoms with Gasteiger partial charge in [0, 0.05) is 35.7 Å². The second-order valence-corrected chi connectivity index (χ2v) is 6.84. The number of rotatable bonds is 3. The Hall–Kier alpha value is -2.07. The van der Waals surface area contributed by atoms with Gasteiger partial charge < -0.3 is 10.2 Å². The molecule has 0 saturated carbocycles. The minimum Gasteiger partial charge on any atom is -0.371 e. The van der Waals surface area contributed by atoms with Crippen LogP contribution < -0.4 is 10.2 Å². The molecule has 1 aromatic heterocycles. The van der Waals surface area contributed by atoms with E-state index in [0.29, 0.717) is 16.4 Å². The minimum absolute atomic E-state index is 0.215.